The molecule has 7 heteroatoms. The largest absolute Gasteiger partial charge is 1.00 e. The molecule has 0 N–H and O–H groups in total. The van der Waals surface area contributed by atoms with Gasteiger partial charge in [-0.25, -0.2) is 8.42 Å². The van der Waals surface area contributed by atoms with Crippen LogP contribution in [0.2, 0.25) is 0 Å². The molecule has 0 atom stereocenters. The van der Waals surface area contributed by atoms with Crippen molar-refractivity contribution in [1.82, 2.24) is 4.57 Å². The summed E-state index contributed by atoms with van der Waals surface area (Å²) in [6.45, 7) is 0. The minimum atomic E-state index is -4.48. The molecule has 132 valence electrons. The van der Waals surface area contributed by atoms with Gasteiger partial charge in [0, 0.05) is 23.5 Å². The maximum absolute atomic E-state index is 11.4. The van der Waals surface area contributed by atoms with Crippen LogP contribution in [0.4, 0.5) is 0 Å². The van der Waals surface area contributed by atoms with Crippen molar-refractivity contribution in [3.63, 3.8) is 0 Å². The van der Waals surface area contributed by atoms with Gasteiger partial charge in [-0.05, 0) is 42.5 Å². The number of furan rings is 1. The summed E-state index contributed by atoms with van der Waals surface area (Å²) in [6, 6.07) is 6.63. The van der Waals surface area contributed by atoms with E-state index in [0.29, 0.717) is 5.92 Å². The smallest absolute Gasteiger partial charge is 0.744 e. The van der Waals surface area contributed by atoms with E-state index in [0.717, 1.165) is 35.0 Å². The van der Waals surface area contributed by atoms with Crippen LogP contribution >= 0.6 is 0 Å². The summed E-state index contributed by atoms with van der Waals surface area (Å²) in [7, 11) is -2.56. The Hall–Kier alpha value is -1.05. The Morgan fingerprint density at radius 1 is 1.15 bits per heavy atom. The Labute approximate surface area is 175 Å². The van der Waals surface area contributed by atoms with Crippen LogP contribution in [-0.4, -0.2) is 17.5 Å². The van der Waals surface area contributed by atoms with E-state index in [1.54, 1.807) is 18.6 Å². The number of hydrogen-bond donors (Lipinski definition) is 0. The molecule has 0 unspecified atom stereocenters. The Morgan fingerprint density at radius 2 is 1.88 bits per heavy atom. The van der Waals surface area contributed by atoms with Crippen molar-refractivity contribution in [2.24, 2.45) is 7.05 Å². The Balaban J connectivity index is 0.00000196. The van der Waals surface area contributed by atoms with Gasteiger partial charge in [0.05, 0.1) is 23.1 Å². The molecule has 1 aliphatic rings. The average Bonchev–Trinajstić information content (AvgIpc) is 3.21. The number of aryl methyl sites for hydroxylation is 1. The predicted molar refractivity (Wildman–Crippen MR) is 94.4 cm³/mol. The molecule has 5 nitrogen and oxygen atoms in total. The van der Waals surface area contributed by atoms with Crippen LogP contribution in [0.1, 0.15) is 43.6 Å². The third-order valence-corrected chi connectivity index (χ3v) is 6.14. The van der Waals surface area contributed by atoms with E-state index >= 15 is 0 Å². The summed E-state index contributed by atoms with van der Waals surface area (Å²) in [5, 5.41) is 1.03. The van der Waals surface area contributed by atoms with Crippen molar-refractivity contribution < 1.29 is 46.9 Å². The molecule has 1 aliphatic carbocycles. The zero-order chi connectivity index (χ0) is 17.6. The topological polar surface area (TPSA) is 75.3 Å². The maximum Gasteiger partial charge on any atom is 1.00 e. The molecule has 0 aliphatic heterocycles. The number of nitrogens with zero attached hydrogens (tertiary/aromatic N) is 1. The van der Waals surface area contributed by atoms with Crippen molar-refractivity contribution in [3.8, 4) is 11.3 Å². The predicted octanol–water partition coefficient (Wildman–Crippen LogP) is 1.39. The Kier molecular flexibility index (Phi) is 5.70. The first-order valence-electron chi connectivity index (χ1n) is 8.57. The molecule has 0 radical (unpaired) electrons. The van der Waals surface area contributed by atoms with E-state index in [1.165, 1.54) is 37.0 Å². The molecule has 0 bridgehead atoms. The van der Waals surface area contributed by atoms with Gasteiger partial charge in [-0.3, -0.25) is 0 Å². The number of aromatic nitrogens is 1. The molecule has 3 aromatic rings. The first-order chi connectivity index (χ1) is 12.0. The van der Waals surface area contributed by atoms with Gasteiger partial charge in [0.2, 0.25) is 0 Å². The molecule has 26 heavy (non-hydrogen) atoms. The Bertz CT molecular complexity index is 1020. The average molecular weight is 381 g/mol. The summed E-state index contributed by atoms with van der Waals surface area (Å²) in [4.78, 5) is -0.186. The fourth-order valence-electron chi connectivity index (χ4n) is 4.15. The van der Waals surface area contributed by atoms with Crippen LogP contribution in [0.25, 0.3) is 22.2 Å². The van der Waals surface area contributed by atoms with Crippen molar-refractivity contribution in [3.05, 3.63) is 42.4 Å². The van der Waals surface area contributed by atoms with Crippen molar-refractivity contribution in [2.75, 3.05) is 0 Å². The van der Waals surface area contributed by atoms with Crippen molar-refractivity contribution >= 4 is 21.0 Å². The normalized spacial score (nSPS) is 15.9. The van der Waals surface area contributed by atoms with Crippen LogP contribution in [-0.2, 0) is 17.2 Å². The van der Waals surface area contributed by atoms with E-state index in [9.17, 15) is 13.0 Å². The second-order valence-electron chi connectivity index (χ2n) is 6.80. The molecule has 0 amide bonds. The summed E-state index contributed by atoms with van der Waals surface area (Å²) in [6.07, 6.45) is 9.30. The number of hydrogen-bond acceptors (Lipinski definition) is 4. The molecule has 2 heterocycles. The molecular formula is C19H20NNaO4S. The summed E-state index contributed by atoms with van der Waals surface area (Å²) < 4.78 is 41.6. The van der Waals surface area contributed by atoms with Gasteiger partial charge in [-0.15, -0.1) is 0 Å². The fourth-order valence-corrected chi connectivity index (χ4v) is 4.64. The molecule has 1 saturated carbocycles. The zero-order valence-electron chi connectivity index (χ0n) is 15.1. The minimum absolute atomic E-state index is 0. The van der Waals surface area contributed by atoms with Gasteiger partial charge < -0.3 is 13.5 Å². The first kappa shape index (κ1) is 19.7. The van der Waals surface area contributed by atoms with E-state index < -0.39 is 10.1 Å². The molecule has 2 aromatic heterocycles. The first-order valence-corrected chi connectivity index (χ1v) is 9.98. The van der Waals surface area contributed by atoms with E-state index in [4.69, 9.17) is 4.42 Å². The summed E-state index contributed by atoms with van der Waals surface area (Å²) in [5.74, 6) is 0.442. The molecule has 1 aromatic carbocycles. The van der Waals surface area contributed by atoms with Crippen LogP contribution in [0.3, 0.4) is 0 Å². The SMILES string of the molecule is Cn1c(-c2ccoc2)c(C2CCCCC2)c2ccc(S(=O)(=O)[O-])cc21.[Na+]. The van der Waals surface area contributed by atoms with Crippen LogP contribution < -0.4 is 29.6 Å². The van der Waals surface area contributed by atoms with Crippen LogP contribution in [0.5, 0.6) is 0 Å². The van der Waals surface area contributed by atoms with Gasteiger partial charge in [0.15, 0.2) is 0 Å². The molecule has 1 fully saturated rings. The second-order valence-corrected chi connectivity index (χ2v) is 8.18. The standard InChI is InChI=1S/C19H21NO4S.Na/c1-20-17-11-15(25(21,22)23)7-8-16(17)18(13-5-3-2-4-6-13)19(20)14-9-10-24-12-14;/h7-13H,2-6H2,1H3,(H,21,22,23);/q;+1/p-1. The number of benzene rings is 1. The van der Waals surface area contributed by atoms with Crippen molar-refractivity contribution in [1.29, 1.82) is 0 Å². The van der Waals surface area contributed by atoms with E-state index in [-0.39, 0.29) is 34.5 Å². The third kappa shape index (κ3) is 3.41. The minimum Gasteiger partial charge on any atom is -0.744 e. The molecule has 0 saturated heterocycles. The Morgan fingerprint density at radius 3 is 2.50 bits per heavy atom. The van der Waals surface area contributed by atoms with Crippen LogP contribution in [0.15, 0.2) is 46.1 Å². The second kappa shape index (κ2) is 7.52. The fraction of sp³-hybridized carbons (Fsp3) is 0.368. The number of rotatable bonds is 3. The van der Waals surface area contributed by atoms with Gasteiger partial charge >= 0.3 is 29.6 Å². The number of fused-ring (bicyclic) bond motifs is 1. The summed E-state index contributed by atoms with van der Waals surface area (Å²) in [5.41, 5.74) is 4.05. The quantitative estimate of drug-likeness (QED) is 0.508. The van der Waals surface area contributed by atoms with Gasteiger partial charge in [-0.1, -0.05) is 25.3 Å². The van der Waals surface area contributed by atoms with Crippen LogP contribution in [0, 0.1) is 0 Å². The van der Waals surface area contributed by atoms with Gasteiger partial charge in [-0.2, -0.15) is 0 Å². The van der Waals surface area contributed by atoms with Gasteiger partial charge in [0.1, 0.15) is 10.1 Å². The monoisotopic (exact) mass is 381 g/mol. The maximum atomic E-state index is 11.4. The van der Waals surface area contributed by atoms with E-state index in [2.05, 4.69) is 0 Å². The molecule has 0 spiro atoms. The van der Waals surface area contributed by atoms with Crippen molar-refractivity contribution in [2.45, 2.75) is 42.9 Å². The third-order valence-electron chi connectivity index (χ3n) is 5.31. The van der Waals surface area contributed by atoms with Gasteiger partial charge in [0.25, 0.3) is 0 Å². The molecule has 4 rings (SSSR count). The van der Waals surface area contributed by atoms with E-state index in [1.807, 2.05) is 17.7 Å². The summed E-state index contributed by atoms with van der Waals surface area (Å²) >= 11 is 0. The molecular weight excluding hydrogens is 361 g/mol. The zero-order valence-corrected chi connectivity index (χ0v) is 17.9.